The standard InChI is InChI=1S/C10H15N3OS/c1-10(2,7-14)11-5-8-6-13-3-4-15-9(13)12-8/h3-4,6,11,14H,5,7H2,1-2H3. The van der Waals surface area contributed by atoms with Crippen molar-refractivity contribution in [2.45, 2.75) is 25.9 Å². The molecule has 2 aromatic heterocycles. The van der Waals surface area contributed by atoms with E-state index in [2.05, 4.69) is 10.3 Å². The first-order chi connectivity index (χ1) is 7.11. The summed E-state index contributed by atoms with van der Waals surface area (Å²) in [6.45, 7) is 4.73. The molecule has 2 rings (SSSR count). The second-order valence-electron chi connectivity index (χ2n) is 4.22. The van der Waals surface area contributed by atoms with Crippen molar-refractivity contribution in [2.75, 3.05) is 6.61 Å². The Balaban J connectivity index is 2.04. The Bertz CT molecular complexity index is 418. The number of hydrogen-bond acceptors (Lipinski definition) is 4. The van der Waals surface area contributed by atoms with E-state index in [9.17, 15) is 0 Å². The highest BCUT2D eigenvalue weighted by molar-refractivity contribution is 7.15. The van der Waals surface area contributed by atoms with Crippen LogP contribution >= 0.6 is 11.3 Å². The van der Waals surface area contributed by atoms with Gasteiger partial charge in [-0.1, -0.05) is 0 Å². The minimum atomic E-state index is -0.253. The number of hydrogen-bond donors (Lipinski definition) is 2. The molecule has 0 saturated heterocycles. The molecule has 2 aromatic rings. The van der Waals surface area contributed by atoms with Gasteiger partial charge in [-0.3, -0.25) is 4.40 Å². The van der Waals surface area contributed by atoms with Crippen molar-refractivity contribution in [1.82, 2.24) is 14.7 Å². The SMILES string of the molecule is CC(C)(CO)NCc1cn2ccsc2n1. The van der Waals surface area contributed by atoms with Crippen LogP contribution in [0, 0.1) is 0 Å². The Morgan fingerprint density at radius 1 is 1.60 bits per heavy atom. The summed E-state index contributed by atoms with van der Waals surface area (Å²) in [7, 11) is 0. The van der Waals surface area contributed by atoms with E-state index in [0.717, 1.165) is 10.7 Å². The van der Waals surface area contributed by atoms with Crippen molar-refractivity contribution in [3.05, 3.63) is 23.5 Å². The molecule has 82 valence electrons. The zero-order valence-corrected chi connectivity index (χ0v) is 9.71. The summed E-state index contributed by atoms with van der Waals surface area (Å²) >= 11 is 1.62. The van der Waals surface area contributed by atoms with Crippen LogP contribution in [-0.4, -0.2) is 26.6 Å². The topological polar surface area (TPSA) is 49.6 Å². The largest absolute Gasteiger partial charge is 0.394 e. The highest BCUT2D eigenvalue weighted by atomic mass is 32.1. The van der Waals surface area contributed by atoms with Crippen molar-refractivity contribution in [3.63, 3.8) is 0 Å². The second kappa shape index (κ2) is 3.92. The fourth-order valence-electron chi connectivity index (χ4n) is 1.25. The summed E-state index contributed by atoms with van der Waals surface area (Å²) in [4.78, 5) is 5.46. The minimum absolute atomic E-state index is 0.120. The first-order valence-electron chi connectivity index (χ1n) is 4.88. The van der Waals surface area contributed by atoms with Gasteiger partial charge in [-0.05, 0) is 13.8 Å². The van der Waals surface area contributed by atoms with E-state index in [4.69, 9.17) is 5.11 Å². The lowest BCUT2D eigenvalue weighted by atomic mass is 10.1. The number of imidazole rings is 1. The van der Waals surface area contributed by atoms with Gasteiger partial charge in [-0.2, -0.15) is 0 Å². The highest BCUT2D eigenvalue weighted by Crippen LogP contribution is 2.12. The molecule has 0 spiro atoms. The first kappa shape index (κ1) is 10.6. The van der Waals surface area contributed by atoms with E-state index >= 15 is 0 Å². The van der Waals surface area contributed by atoms with Crippen molar-refractivity contribution in [3.8, 4) is 0 Å². The maximum atomic E-state index is 9.09. The van der Waals surface area contributed by atoms with Gasteiger partial charge in [0.2, 0.25) is 0 Å². The third-order valence-electron chi connectivity index (χ3n) is 2.29. The van der Waals surface area contributed by atoms with Gasteiger partial charge >= 0.3 is 0 Å². The van der Waals surface area contributed by atoms with Crippen molar-refractivity contribution in [2.24, 2.45) is 0 Å². The molecule has 0 aromatic carbocycles. The second-order valence-corrected chi connectivity index (χ2v) is 5.09. The number of aromatic nitrogens is 2. The number of thiazole rings is 1. The van der Waals surface area contributed by atoms with Gasteiger partial charge in [0.1, 0.15) is 0 Å². The molecule has 0 bridgehead atoms. The van der Waals surface area contributed by atoms with Gasteiger partial charge < -0.3 is 10.4 Å². The number of aliphatic hydroxyl groups is 1. The lowest BCUT2D eigenvalue weighted by Gasteiger charge is -2.22. The van der Waals surface area contributed by atoms with E-state index in [1.807, 2.05) is 36.0 Å². The van der Waals surface area contributed by atoms with Gasteiger partial charge in [0.05, 0.1) is 12.3 Å². The number of nitrogens with zero attached hydrogens (tertiary/aromatic N) is 2. The molecule has 2 N–H and O–H groups in total. The fraction of sp³-hybridized carbons (Fsp3) is 0.500. The molecule has 0 aliphatic rings. The third kappa shape index (κ3) is 2.37. The Labute approximate surface area is 92.6 Å². The van der Waals surface area contributed by atoms with Crippen LogP contribution in [0.1, 0.15) is 19.5 Å². The van der Waals surface area contributed by atoms with E-state index in [-0.39, 0.29) is 12.1 Å². The van der Waals surface area contributed by atoms with Gasteiger partial charge in [0.15, 0.2) is 4.96 Å². The molecule has 15 heavy (non-hydrogen) atoms. The molecule has 0 atom stereocenters. The molecule has 0 unspecified atom stereocenters. The van der Waals surface area contributed by atoms with E-state index in [1.165, 1.54) is 0 Å². The number of nitrogens with one attached hydrogen (secondary N) is 1. The number of rotatable bonds is 4. The predicted molar refractivity (Wildman–Crippen MR) is 61.1 cm³/mol. The average molecular weight is 225 g/mol. The van der Waals surface area contributed by atoms with Crippen LogP contribution in [0.4, 0.5) is 0 Å². The molecule has 2 heterocycles. The number of aliphatic hydroxyl groups excluding tert-OH is 1. The van der Waals surface area contributed by atoms with E-state index in [0.29, 0.717) is 6.54 Å². The van der Waals surface area contributed by atoms with E-state index < -0.39 is 0 Å². The quantitative estimate of drug-likeness (QED) is 0.823. The fourth-order valence-corrected chi connectivity index (χ4v) is 1.97. The minimum Gasteiger partial charge on any atom is -0.394 e. The van der Waals surface area contributed by atoms with Crippen LogP contribution < -0.4 is 5.32 Å². The molecular formula is C10H15N3OS. The lowest BCUT2D eigenvalue weighted by molar-refractivity contribution is 0.187. The zero-order valence-electron chi connectivity index (χ0n) is 8.90. The van der Waals surface area contributed by atoms with Gasteiger partial charge in [-0.25, -0.2) is 4.98 Å². The monoisotopic (exact) mass is 225 g/mol. The van der Waals surface area contributed by atoms with Crippen molar-refractivity contribution < 1.29 is 5.11 Å². The molecule has 0 fully saturated rings. The predicted octanol–water partition coefficient (Wildman–Crippen LogP) is 1.26. The Kier molecular flexibility index (Phi) is 2.77. The summed E-state index contributed by atoms with van der Waals surface area (Å²) in [5.41, 5.74) is 0.750. The molecule has 5 heteroatoms. The normalized spacial score (nSPS) is 12.5. The molecule has 0 amide bonds. The lowest BCUT2D eigenvalue weighted by Crippen LogP contribution is -2.42. The van der Waals surface area contributed by atoms with Crippen LogP contribution in [0.2, 0.25) is 0 Å². The molecule has 0 aliphatic carbocycles. The summed E-state index contributed by atoms with van der Waals surface area (Å²) in [6, 6.07) is 0. The van der Waals surface area contributed by atoms with Crippen LogP contribution in [0.3, 0.4) is 0 Å². The Morgan fingerprint density at radius 2 is 2.40 bits per heavy atom. The van der Waals surface area contributed by atoms with Gasteiger partial charge in [-0.15, -0.1) is 11.3 Å². The Morgan fingerprint density at radius 3 is 3.07 bits per heavy atom. The smallest absolute Gasteiger partial charge is 0.193 e. The summed E-state index contributed by atoms with van der Waals surface area (Å²) in [5, 5.41) is 14.4. The maximum Gasteiger partial charge on any atom is 0.193 e. The average Bonchev–Trinajstić information content (AvgIpc) is 2.74. The summed E-state index contributed by atoms with van der Waals surface area (Å²) in [5.74, 6) is 0. The van der Waals surface area contributed by atoms with Crippen LogP contribution in [-0.2, 0) is 6.54 Å². The van der Waals surface area contributed by atoms with Crippen molar-refractivity contribution >= 4 is 16.3 Å². The molecule has 0 aliphatic heterocycles. The molecule has 0 saturated carbocycles. The summed E-state index contributed by atoms with van der Waals surface area (Å²) < 4.78 is 2.01. The highest BCUT2D eigenvalue weighted by Gasteiger charge is 2.15. The van der Waals surface area contributed by atoms with Crippen LogP contribution in [0.15, 0.2) is 17.8 Å². The van der Waals surface area contributed by atoms with Crippen molar-refractivity contribution in [1.29, 1.82) is 0 Å². The summed E-state index contributed by atoms with van der Waals surface area (Å²) in [6.07, 6.45) is 4.00. The molecule has 4 nitrogen and oxygen atoms in total. The van der Waals surface area contributed by atoms with Crippen LogP contribution in [0.25, 0.3) is 4.96 Å². The first-order valence-corrected chi connectivity index (χ1v) is 5.76. The van der Waals surface area contributed by atoms with Gasteiger partial charge in [0, 0.05) is 29.9 Å². The molecular weight excluding hydrogens is 210 g/mol. The number of fused-ring (bicyclic) bond motifs is 1. The third-order valence-corrected chi connectivity index (χ3v) is 3.06. The Hall–Kier alpha value is -0.910. The van der Waals surface area contributed by atoms with E-state index in [1.54, 1.807) is 11.3 Å². The van der Waals surface area contributed by atoms with Crippen LogP contribution in [0.5, 0.6) is 0 Å². The maximum absolute atomic E-state index is 9.09. The zero-order chi connectivity index (χ0) is 10.9. The van der Waals surface area contributed by atoms with Gasteiger partial charge in [0.25, 0.3) is 0 Å². The molecule has 0 radical (unpaired) electrons.